The maximum absolute atomic E-state index is 13.0. The molecule has 2 fully saturated rings. The Labute approximate surface area is 230 Å². The number of piperazine rings is 1. The highest BCUT2D eigenvalue weighted by Gasteiger charge is 2.36. The Morgan fingerprint density at radius 1 is 1.08 bits per heavy atom. The van der Waals surface area contributed by atoms with Gasteiger partial charge in [-0.3, -0.25) is 14.4 Å². The minimum atomic E-state index is -3.47. The molecule has 2 N–H and O–H groups in total. The van der Waals surface area contributed by atoms with Gasteiger partial charge in [-0.1, -0.05) is 12.1 Å². The molecule has 0 atom stereocenters. The van der Waals surface area contributed by atoms with Crippen LogP contribution in [-0.4, -0.2) is 115 Å². The third kappa shape index (κ3) is 6.89. The van der Waals surface area contributed by atoms with E-state index in [1.807, 2.05) is 0 Å². The first kappa shape index (κ1) is 28.8. The number of anilines is 2. The van der Waals surface area contributed by atoms with Crippen LogP contribution in [-0.2, 0) is 21.4 Å². The number of carbonyl (C=O) groups is 2. The summed E-state index contributed by atoms with van der Waals surface area (Å²) in [5.74, 6) is -0.113. The van der Waals surface area contributed by atoms with Crippen molar-refractivity contribution in [1.29, 1.82) is 0 Å². The number of piperidine rings is 1. The Balaban J connectivity index is 1.38. The van der Waals surface area contributed by atoms with Gasteiger partial charge in [0.2, 0.25) is 15.9 Å². The SMILES string of the molecule is Cc1ccc(CN(C)C2(C)CCN(C(=O)n3ccc(NS(C)(=O)=O)n3)CC2)c(N2CCN(C(=O)CO)CC2)c1. The molecule has 39 heavy (non-hydrogen) atoms. The number of aliphatic hydroxyl groups is 1. The molecule has 2 saturated heterocycles. The fraction of sp³-hybridized carbons (Fsp3) is 0.577. The monoisotopic (exact) mass is 561 g/mol. The molecule has 2 aromatic rings. The van der Waals surface area contributed by atoms with Crippen LogP contribution < -0.4 is 9.62 Å². The second kappa shape index (κ2) is 11.5. The van der Waals surface area contributed by atoms with Gasteiger partial charge in [0, 0.05) is 69.3 Å². The number of sulfonamides is 1. The lowest BCUT2D eigenvalue weighted by atomic mass is 9.87. The number of aryl methyl sites for hydroxylation is 1. The Morgan fingerprint density at radius 3 is 2.36 bits per heavy atom. The van der Waals surface area contributed by atoms with Gasteiger partial charge in [-0.15, -0.1) is 5.10 Å². The standard InChI is InChI=1S/C26H39N7O5S/c1-20-5-6-21(22(17-20)30-13-15-31(16-14-30)24(35)19-34)18-29(3)26(2)8-11-32(12-9-26)25(36)33-10-7-23(27-33)28-39(4,37)38/h5-7,10,17,34H,8-9,11-16,18-19H2,1-4H3,(H,27,28). The van der Waals surface area contributed by atoms with E-state index in [4.69, 9.17) is 0 Å². The van der Waals surface area contributed by atoms with Gasteiger partial charge in [0.1, 0.15) is 6.61 Å². The minimum Gasteiger partial charge on any atom is -0.387 e. The molecule has 13 heteroatoms. The molecule has 0 unspecified atom stereocenters. The second-order valence-corrected chi connectivity index (χ2v) is 12.5. The molecule has 0 spiro atoms. The van der Waals surface area contributed by atoms with Gasteiger partial charge in [0.15, 0.2) is 5.82 Å². The van der Waals surface area contributed by atoms with Crippen molar-refractivity contribution in [2.24, 2.45) is 0 Å². The summed E-state index contributed by atoms with van der Waals surface area (Å²) in [5, 5.41) is 13.2. The average Bonchev–Trinajstić information content (AvgIpc) is 3.36. The minimum absolute atomic E-state index is 0.113. The van der Waals surface area contributed by atoms with Crippen molar-refractivity contribution in [2.45, 2.75) is 38.8 Å². The number of likely N-dealkylation sites (tertiary alicyclic amines) is 1. The molecule has 0 aliphatic carbocycles. The Morgan fingerprint density at radius 2 is 1.74 bits per heavy atom. The summed E-state index contributed by atoms with van der Waals surface area (Å²) >= 11 is 0. The van der Waals surface area contributed by atoms with Gasteiger partial charge in [-0.25, -0.2) is 13.2 Å². The summed E-state index contributed by atoms with van der Waals surface area (Å²) in [6, 6.07) is 7.69. The maximum Gasteiger partial charge on any atom is 0.344 e. The quantitative estimate of drug-likeness (QED) is 0.515. The molecule has 214 valence electrons. The number of nitrogens with one attached hydrogen (secondary N) is 1. The fourth-order valence-electron chi connectivity index (χ4n) is 5.23. The predicted octanol–water partition coefficient (Wildman–Crippen LogP) is 1.16. The number of rotatable bonds is 7. The van der Waals surface area contributed by atoms with Crippen LogP contribution in [0.15, 0.2) is 30.5 Å². The van der Waals surface area contributed by atoms with E-state index >= 15 is 0 Å². The number of hydrogen-bond acceptors (Lipinski definition) is 8. The zero-order chi connectivity index (χ0) is 28.4. The number of amides is 2. The number of hydrogen-bond donors (Lipinski definition) is 2. The highest BCUT2D eigenvalue weighted by Crippen LogP contribution is 2.32. The number of benzene rings is 1. The normalized spacial score (nSPS) is 17.9. The first-order chi connectivity index (χ1) is 18.4. The van der Waals surface area contributed by atoms with Crippen LogP contribution in [0.25, 0.3) is 0 Å². The summed E-state index contributed by atoms with van der Waals surface area (Å²) in [4.78, 5) is 33.0. The van der Waals surface area contributed by atoms with Gasteiger partial charge >= 0.3 is 6.03 Å². The molecule has 2 aliphatic heterocycles. The number of nitrogens with zero attached hydrogens (tertiary/aromatic N) is 6. The van der Waals surface area contributed by atoms with Crippen LogP contribution in [0.4, 0.5) is 16.3 Å². The lowest BCUT2D eigenvalue weighted by Gasteiger charge is -2.45. The Bertz CT molecular complexity index is 1300. The van der Waals surface area contributed by atoms with E-state index in [2.05, 4.69) is 58.7 Å². The summed E-state index contributed by atoms with van der Waals surface area (Å²) in [7, 11) is -1.35. The zero-order valence-corrected chi connectivity index (χ0v) is 23.9. The van der Waals surface area contributed by atoms with Crippen LogP contribution in [0.2, 0.25) is 0 Å². The van der Waals surface area contributed by atoms with Crippen molar-refractivity contribution in [3.63, 3.8) is 0 Å². The fourth-order valence-corrected chi connectivity index (χ4v) is 5.72. The summed E-state index contributed by atoms with van der Waals surface area (Å²) in [6.45, 7) is 8.34. The maximum atomic E-state index is 13.0. The third-order valence-corrected chi connectivity index (χ3v) is 8.44. The van der Waals surface area contributed by atoms with E-state index < -0.39 is 16.6 Å². The Kier molecular flexibility index (Phi) is 8.52. The van der Waals surface area contributed by atoms with Crippen molar-refractivity contribution in [3.8, 4) is 0 Å². The van der Waals surface area contributed by atoms with E-state index in [-0.39, 0.29) is 23.3 Å². The van der Waals surface area contributed by atoms with Gasteiger partial charge in [-0.05, 0) is 50.9 Å². The third-order valence-electron chi connectivity index (χ3n) is 7.86. The molecule has 2 aliphatic rings. The van der Waals surface area contributed by atoms with Crippen LogP contribution >= 0.6 is 0 Å². The molecule has 3 heterocycles. The van der Waals surface area contributed by atoms with E-state index in [1.54, 1.807) is 9.80 Å². The van der Waals surface area contributed by atoms with Crippen molar-refractivity contribution in [1.82, 2.24) is 24.5 Å². The van der Waals surface area contributed by atoms with Crippen molar-refractivity contribution >= 4 is 33.5 Å². The molecule has 0 bridgehead atoms. The summed E-state index contributed by atoms with van der Waals surface area (Å²) in [5.41, 5.74) is 3.45. The summed E-state index contributed by atoms with van der Waals surface area (Å²) < 4.78 is 26.3. The number of aliphatic hydroxyl groups excluding tert-OH is 1. The average molecular weight is 562 g/mol. The first-order valence-electron chi connectivity index (χ1n) is 13.2. The lowest BCUT2D eigenvalue weighted by molar-refractivity contribution is -0.134. The number of aromatic nitrogens is 2. The van der Waals surface area contributed by atoms with Gasteiger partial charge in [0.05, 0.1) is 6.26 Å². The van der Waals surface area contributed by atoms with Crippen LogP contribution in [0.3, 0.4) is 0 Å². The second-order valence-electron chi connectivity index (χ2n) is 10.8. The molecular weight excluding hydrogens is 522 g/mol. The van der Waals surface area contributed by atoms with Crippen molar-refractivity contribution in [3.05, 3.63) is 41.6 Å². The largest absolute Gasteiger partial charge is 0.387 e. The van der Waals surface area contributed by atoms with Crippen LogP contribution in [0.5, 0.6) is 0 Å². The van der Waals surface area contributed by atoms with E-state index in [9.17, 15) is 23.1 Å². The van der Waals surface area contributed by atoms with E-state index in [1.165, 1.54) is 33.8 Å². The van der Waals surface area contributed by atoms with Gasteiger partial charge in [0.25, 0.3) is 0 Å². The highest BCUT2D eigenvalue weighted by molar-refractivity contribution is 7.92. The van der Waals surface area contributed by atoms with Gasteiger partial charge in [-0.2, -0.15) is 4.68 Å². The molecular formula is C26H39N7O5S. The van der Waals surface area contributed by atoms with Crippen molar-refractivity contribution < 1.29 is 23.1 Å². The molecule has 2 amide bonds. The van der Waals surface area contributed by atoms with Crippen LogP contribution in [0.1, 0.15) is 30.9 Å². The smallest absolute Gasteiger partial charge is 0.344 e. The Hall–Kier alpha value is -3.16. The van der Waals surface area contributed by atoms with Crippen LogP contribution in [0, 0.1) is 6.92 Å². The molecule has 0 radical (unpaired) electrons. The predicted molar refractivity (Wildman–Crippen MR) is 149 cm³/mol. The topological polar surface area (TPSA) is 131 Å². The molecule has 0 saturated carbocycles. The lowest BCUT2D eigenvalue weighted by Crippen LogP contribution is -2.53. The van der Waals surface area contributed by atoms with Crippen molar-refractivity contribution in [2.75, 3.05) is 68.8 Å². The first-order valence-corrected chi connectivity index (χ1v) is 15.0. The molecule has 4 rings (SSSR count). The highest BCUT2D eigenvalue weighted by atomic mass is 32.2. The zero-order valence-electron chi connectivity index (χ0n) is 23.1. The molecule has 1 aromatic heterocycles. The van der Waals surface area contributed by atoms with Gasteiger partial charge < -0.3 is 19.8 Å². The van der Waals surface area contributed by atoms with E-state index in [0.29, 0.717) is 26.2 Å². The van der Waals surface area contributed by atoms with E-state index in [0.717, 1.165) is 38.7 Å². The molecule has 12 nitrogen and oxygen atoms in total. The molecule has 1 aromatic carbocycles. The summed E-state index contributed by atoms with van der Waals surface area (Å²) in [6.07, 6.45) is 4.08. The number of carbonyl (C=O) groups excluding carboxylic acids is 2.